The van der Waals surface area contributed by atoms with Gasteiger partial charge in [-0.15, -0.1) is 0 Å². The number of aliphatic hydroxyl groups excluding tert-OH is 1. The molecule has 2 aliphatic rings. The fourth-order valence-electron chi connectivity index (χ4n) is 7.13. The van der Waals surface area contributed by atoms with E-state index in [2.05, 4.69) is 5.32 Å². The molecule has 0 aromatic heterocycles. The van der Waals surface area contributed by atoms with Crippen molar-refractivity contribution < 1.29 is 48.0 Å². The molecule has 2 atom stereocenters. The van der Waals surface area contributed by atoms with Gasteiger partial charge in [0.25, 0.3) is 17.7 Å². The summed E-state index contributed by atoms with van der Waals surface area (Å²) in [4.78, 5) is 56.9. The van der Waals surface area contributed by atoms with Gasteiger partial charge in [-0.05, 0) is 65.9 Å². The number of hydrogen-bond donors (Lipinski definition) is 2. The first kappa shape index (κ1) is 40.3. The number of benzene rings is 5. The molecular formula is C46H45N3O10. The van der Waals surface area contributed by atoms with Crippen LogP contribution in [0.3, 0.4) is 0 Å². The fraction of sp³-hybridized carbons (Fsp3) is 0.261. The third kappa shape index (κ3) is 9.48. The second-order valence-electron chi connectivity index (χ2n) is 14.2. The lowest BCUT2D eigenvalue weighted by Crippen LogP contribution is -2.51. The lowest BCUT2D eigenvalue weighted by molar-refractivity contribution is -0.133. The van der Waals surface area contributed by atoms with Crippen molar-refractivity contribution >= 4 is 23.6 Å². The largest absolute Gasteiger partial charge is 0.493 e. The van der Waals surface area contributed by atoms with E-state index < -0.39 is 29.9 Å². The second-order valence-corrected chi connectivity index (χ2v) is 14.2. The number of methoxy groups -OCH3 is 2. The molecule has 5 aromatic carbocycles. The van der Waals surface area contributed by atoms with Crippen LogP contribution in [0.15, 0.2) is 115 Å². The van der Waals surface area contributed by atoms with Crippen molar-refractivity contribution in [3.63, 3.8) is 0 Å². The van der Waals surface area contributed by atoms with Crippen LogP contribution in [0, 0.1) is 0 Å². The molecule has 0 fully saturated rings. The molecule has 2 aliphatic heterocycles. The van der Waals surface area contributed by atoms with Gasteiger partial charge in [-0.25, -0.2) is 0 Å². The maximum absolute atomic E-state index is 14.1. The van der Waals surface area contributed by atoms with Crippen molar-refractivity contribution in [2.45, 2.75) is 38.0 Å². The molecule has 13 heteroatoms. The Labute approximate surface area is 342 Å². The van der Waals surface area contributed by atoms with Crippen LogP contribution in [0.2, 0.25) is 0 Å². The van der Waals surface area contributed by atoms with Gasteiger partial charge < -0.3 is 39.0 Å². The van der Waals surface area contributed by atoms with Crippen LogP contribution in [-0.2, 0) is 24.2 Å². The van der Waals surface area contributed by atoms with Crippen molar-refractivity contribution in [3.05, 3.63) is 149 Å². The van der Waals surface area contributed by atoms with Crippen LogP contribution >= 0.6 is 0 Å². The topological polar surface area (TPSA) is 153 Å². The number of carbonyl (C=O) groups is 4. The van der Waals surface area contributed by atoms with E-state index in [-0.39, 0.29) is 68.8 Å². The van der Waals surface area contributed by atoms with E-state index in [9.17, 15) is 24.3 Å². The zero-order valence-electron chi connectivity index (χ0n) is 32.8. The number of ether oxygens (including phenoxy) is 5. The van der Waals surface area contributed by atoms with E-state index >= 15 is 0 Å². The van der Waals surface area contributed by atoms with Crippen LogP contribution in [-0.4, -0.2) is 91.3 Å². The Kier molecular flexibility index (Phi) is 12.7. The third-order valence-electron chi connectivity index (χ3n) is 10.3. The van der Waals surface area contributed by atoms with Crippen molar-refractivity contribution in [1.29, 1.82) is 0 Å². The molecule has 0 unspecified atom stereocenters. The number of rotatable bonds is 18. The summed E-state index contributed by atoms with van der Waals surface area (Å²) in [7, 11) is 2.94. The van der Waals surface area contributed by atoms with Crippen LogP contribution in [0.4, 0.5) is 0 Å². The highest BCUT2D eigenvalue weighted by Gasteiger charge is 2.36. The number of nitrogens with zero attached hydrogens (tertiary/aromatic N) is 2. The molecule has 0 saturated carbocycles. The van der Waals surface area contributed by atoms with Gasteiger partial charge in [0.05, 0.1) is 37.5 Å². The molecule has 0 aliphatic carbocycles. The Morgan fingerprint density at radius 1 is 0.780 bits per heavy atom. The van der Waals surface area contributed by atoms with Gasteiger partial charge in [0.15, 0.2) is 23.0 Å². The number of fused-ring (bicyclic) bond motifs is 2. The monoisotopic (exact) mass is 799 g/mol. The molecule has 0 spiro atoms. The Morgan fingerprint density at radius 3 is 2.03 bits per heavy atom. The number of amides is 4. The summed E-state index contributed by atoms with van der Waals surface area (Å²) in [6.07, 6.45) is -0.792. The molecule has 304 valence electrons. The van der Waals surface area contributed by atoms with Gasteiger partial charge in [0, 0.05) is 31.6 Å². The van der Waals surface area contributed by atoms with E-state index in [0.717, 1.165) is 21.6 Å². The highest BCUT2D eigenvalue weighted by atomic mass is 16.7. The maximum Gasteiger partial charge on any atom is 0.261 e. The molecule has 2 N–H and O–H groups in total. The first-order valence-electron chi connectivity index (χ1n) is 19.3. The smallest absolute Gasteiger partial charge is 0.261 e. The van der Waals surface area contributed by atoms with Crippen molar-refractivity contribution in [3.8, 4) is 28.7 Å². The predicted octanol–water partition coefficient (Wildman–Crippen LogP) is 5.47. The Bertz CT molecular complexity index is 2240. The molecule has 59 heavy (non-hydrogen) atoms. The quantitative estimate of drug-likeness (QED) is 0.109. The summed E-state index contributed by atoms with van der Waals surface area (Å²) in [6.45, 7) is 0.242. The highest BCUT2D eigenvalue weighted by molar-refractivity contribution is 6.21. The van der Waals surface area contributed by atoms with Crippen LogP contribution in [0.5, 0.6) is 28.7 Å². The molecule has 4 amide bonds. The van der Waals surface area contributed by atoms with Gasteiger partial charge in [-0.1, -0.05) is 78.9 Å². The fourth-order valence-corrected chi connectivity index (χ4v) is 7.13. The van der Waals surface area contributed by atoms with Crippen LogP contribution in [0.25, 0.3) is 0 Å². The Morgan fingerprint density at radius 2 is 1.39 bits per heavy atom. The van der Waals surface area contributed by atoms with Crippen molar-refractivity contribution in [2.24, 2.45) is 0 Å². The van der Waals surface area contributed by atoms with Crippen LogP contribution in [0.1, 0.15) is 54.2 Å². The average molecular weight is 800 g/mol. The van der Waals surface area contributed by atoms with E-state index in [4.69, 9.17) is 23.7 Å². The molecule has 0 saturated heterocycles. The molecule has 2 heterocycles. The molecule has 13 nitrogen and oxygen atoms in total. The minimum atomic E-state index is -1.25. The number of nitrogens with one attached hydrogen (secondary N) is 1. The first-order valence-corrected chi connectivity index (χ1v) is 19.3. The van der Waals surface area contributed by atoms with Gasteiger partial charge in [-0.3, -0.25) is 24.1 Å². The average Bonchev–Trinajstić information content (AvgIpc) is 3.84. The SMILES string of the molecule is COc1cc(C(=O)N[C@@H](Cc2ccccc2)[C@@H](O)CN(CCc2ccc3c(c2)OCO3)C(=O)CCN2C(=O)c3ccccc3C2=O)cc(OC)c1OCc1ccccc1. The predicted molar refractivity (Wildman–Crippen MR) is 217 cm³/mol. The minimum Gasteiger partial charge on any atom is -0.493 e. The summed E-state index contributed by atoms with van der Waals surface area (Å²) in [5, 5.41) is 15.0. The number of hydrogen-bond acceptors (Lipinski definition) is 10. The lowest BCUT2D eigenvalue weighted by atomic mass is 9.99. The molecule has 0 bridgehead atoms. The standard InChI is InChI=1S/C46H45N3O10/c1-55-40-25-33(26-41(56-2)43(40)57-28-32-13-7-4-8-14-32)44(52)47-36(23-30-11-5-3-6-12-30)37(50)27-48(21-19-31-17-18-38-39(24-31)59-29-58-38)42(51)20-22-49-45(53)34-15-9-10-16-35(34)46(49)54/h3-18,24-26,36-37,50H,19-23,27-29H2,1-2H3,(H,47,52)/t36-,37-/m0/s1. The van der Waals surface area contributed by atoms with Crippen molar-refractivity contribution in [1.82, 2.24) is 15.1 Å². The summed E-state index contributed by atoms with van der Waals surface area (Å²) in [6, 6.07) is 33.3. The maximum atomic E-state index is 14.1. The number of aliphatic hydroxyl groups is 1. The van der Waals surface area contributed by atoms with Crippen LogP contribution < -0.4 is 29.0 Å². The van der Waals surface area contributed by atoms with Gasteiger partial charge >= 0.3 is 0 Å². The molecule has 0 radical (unpaired) electrons. The highest BCUT2D eigenvalue weighted by Crippen LogP contribution is 2.39. The molecular weight excluding hydrogens is 755 g/mol. The zero-order chi connectivity index (χ0) is 41.3. The molecule has 7 rings (SSSR count). The lowest BCUT2D eigenvalue weighted by Gasteiger charge is -2.31. The number of carbonyl (C=O) groups excluding carboxylic acids is 4. The summed E-state index contributed by atoms with van der Waals surface area (Å²) >= 11 is 0. The summed E-state index contributed by atoms with van der Waals surface area (Å²) in [5.41, 5.74) is 3.44. The third-order valence-corrected chi connectivity index (χ3v) is 10.3. The summed E-state index contributed by atoms with van der Waals surface area (Å²) in [5.74, 6) is 0.302. The van der Waals surface area contributed by atoms with Gasteiger partial charge in [-0.2, -0.15) is 0 Å². The van der Waals surface area contributed by atoms with E-state index in [1.165, 1.54) is 19.1 Å². The van der Waals surface area contributed by atoms with Crippen molar-refractivity contribution in [2.75, 3.05) is 40.6 Å². The second kappa shape index (κ2) is 18.6. The summed E-state index contributed by atoms with van der Waals surface area (Å²) < 4.78 is 28.4. The van der Waals surface area contributed by atoms with E-state index in [1.54, 1.807) is 42.5 Å². The Hall–Kier alpha value is -6.86. The normalized spacial score (nSPS) is 13.7. The Balaban J connectivity index is 1.10. The van der Waals surface area contributed by atoms with E-state index in [0.29, 0.717) is 34.8 Å². The minimum absolute atomic E-state index is 0.119. The van der Waals surface area contributed by atoms with E-state index in [1.807, 2.05) is 72.8 Å². The number of imide groups is 1. The molecule has 5 aromatic rings. The zero-order valence-corrected chi connectivity index (χ0v) is 32.8. The van der Waals surface area contributed by atoms with Gasteiger partial charge in [0.2, 0.25) is 18.4 Å². The van der Waals surface area contributed by atoms with Gasteiger partial charge in [0.1, 0.15) is 6.61 Å². The first-order chi connectivity index (χ1) is 28.7.